The molecule has 24 heavy (non-hydrogen) atoms. The second-order valence-electron chi connectivity index (χ2n) is 5.44. The van der Waals surface area contributed by atoms with Crippen LogP contribution in [0.5, 0.6) is 0 Å². The largest absolute Gasteiger partial charge is 0.377 e. The summed E-state index contributed by atoms with van der Waals surface area (Å²) in [5, 5.41) is 14.8. The van der Waals surface area contributed by atoms with Crippen LogP contribution in [-0.2, 0) is 13.1 Å². The molecule has 0 saturated carbocycles. The number of nitrogens with one attached hydrogen (secondary N) is 2. The van der Waals surface area contributed by atoms with E-state index in [1.54, 1.807) is 12.4 Å². The molecule has 0 spiro atoms. The summed E-state index contributed by atoms with van der Waals surface area (Å²) in [7, 11) is 0. The number of rotatable bonds is 4. The highest BCUT2D eigenvalue weighted by Crippen LogP contribution is 2.30. The molecule has 3 aromatic rings. The first-order chi connectivity index (χ1) is 11.7. The maximum Gasteiger partial charge on any atom is 0.254 e. The molecule has 0 fully saturated rings. The summed E-state index contributed by atoms with van der Waals surface area (Å²) in [5.74, 6) is 0.642. The quantitative estimate of drug-likeness (QED) is 0.766. The van der Waals surface area contributed by atoms with Crippen LogP contribution in [0.4, 0.5) is 5.69 Å². The van der Waals surface area contributed by atoms with Crippen molar-refractivity contribution in [3.63, 3.8) is 0 Å². The third-order valence-corrected chi connectivity index (χ3v) is 4.35. The molecule has 0 atom stereocenters. The molecule has 0 aliphatic carbocycles. The highest BCUT2D eigenvalue weighted by Gasteiger charge is 2.25. The minimum Gasteiger partial charge on any atom is -0.377 e. The lowest BCUT2D eigenvalue weighted by Crippen LogP contribution is -2.14. The van der Waals surface area contributed by atoms with Crippen LogP contribution >= 0.6 is 11.6 Å². The fourth-order valence-electron chi connectivity index (χ4n) is 2.82. The van der Waals surface area contributed by atoms with E-state index in [9.17, 15) is 4.79 Å². The number of benzene rings is 2. The summed E-state index contributed by atoms with van der Waals surface area (Å²) in [5.41, 5.74) is 3.16. The molecule has 6 nitrogen and oxygen atoms in total. The maximum atomic E-state index is 12.0. The Morgan fingerprint density at radius 2 is 2.04 bits per heavy atom. The van der Waals surface area contributed by atoms with E-state index in [-0.39, 0.29) is 5.91 Å². The van der Waals surface area contributed by atoms with Crippen LogP contribution in [0.3, 0.4) is 0 Å². The Hall–Kier alpha value is -2.86. The SMILES string of the molecule is O=C1NCc2c(Cl)ccc(NCc3nncn3-c3ccccc3)c21. The van der Waals surface area contributed by atoms with Gasteiger partial charge in [0.05, 0.1) is 12.1 Å². The van der Waals surface area contributed by atoms with Gasteiger partial charge in [-0.3, -0.25) is 9.36 Å². The van der Waals surface area contributed by atoms with E-state index in [0.717, 1.165) is 22.8 Å². The predicted octanol–water partition coefficient (Wildman–Crippen LogP) is 2.78. The molecule has 2 heterocycles. The van der Waals surface area contributed by atoms with Gasteiger partial charge >= 0.3 is 0 Å². The first-order valence-corrected chi connectivity index (χ1v) is 7.89. The van der Waals surface area contributed by atoms with Gasteiger partial charge in [0.2, 0.25) is 0 Å². The molecule has 1 amide bonds. The number of anilines is 1. The van der Waals surface area contributed by atoms with E-state index in [1.807, 2.05) is 41.0 Å². The molecule has 0 unspecified atom stereocenters. The molecule has 0 bridgehead atoms. The van der Waals surface area contributed by atoms with Crippen molar-refractivity contribution in [3.8, 4) is 5.69 Å². The number of amides is 1. The summed E-state index contributed by atoms with van der Waals surface area (Å²) >= 11 is 6.17. The number of carbonyl (C=O) groups excluding carboxylic acids is 1. The monoisotopic (exact) mass is 339 g/mol. The lowest BCUT2D eigenvalue weighted by Gasteiger charge is -2.11. The zero-order valence-electron chi connectivity index (χ0n) is 12.7. The molecule has 7 heteroatoms. The van der Waals surface area contributed by atoms with Crippen molar-refractivity contribution in [2.45, 2.75) is 13.1 Å². The van der Waals surface area contributed by atoms with Gasteiger partial charge in [-0.15, -0.1) is 10.2 Å². The van der Waals surface area contributed by atoms with Gasteiger partial charge in [0, 0.05) is 28.5 Å². The van der Waals surface area contributed by atoms with Crippen molar-refractivity contribution in [1.29, 1.82) is 0 Å². The summed E-state index contributed by atoms with van der Waals surface area (Å²) in [6.07, 6.45) is 1.67. The molecule has 120 valence electrons. The highest BCUT2D eigenvalue weighted by molar-refractivity contribution is 6.32. The van der Waals surface area contributed by atoms with Crippen molar-refractivity contribution in [3.05, 3.63) is 70.8 Å². The molecule has 1 aliphatic rings. The molecular formula is C17H14ClN5O. The fourth-order valence-corrected chi connectivity index (χ4v) is 3.04. The third kappa shape index (κ3) is 2.51. The van der Waals surface area contributed by atoms with Gasteiger partial charge < -0.3 is 10.6 Å². The normalized spacial score (nSPS) is 12.8. The molecule has 2 aromatic carbocycles. The second-order valence-corrected chi connectivity index (χ2v) is 5.84. The number of hydrogen-bond acceptors (Lipinski definition) is 4. The zero-order valence-corrected chi connectivity index (χ0v) is 13.4. The highest BCUT2D eigenvalue weighted by atomic mass is 35.5. The summed E-state index contributed by atoms with van der Waals surface area (Å²) < 4.78 is 1.91. The Labute approximate surface area is 143 Å². The molecule has 0 radical (unpaired) electrons. The molecule has 1 aromatic heterocycles. The van der Waals surface area contributed by atoms with Crippen LogP contribution in [-0.4, -0.2) is 20.7 Å². The number of halogens is 1. The number of nitrogens with zero attached hydrogens (tertiary/aromatic N) is 3. The van der Waals surface area contributed by atoms with Crippen molar-refractivity contribution < 1.29 is 4.79 Å². The van der Waals surface area contributed by atoms with Crippen molar-refractivity contribution in [2.24, 2.45) is 0 Å². The summed E-state index contributed by atoms with van der Waals surface area (Å²) in [4.78, 5) is 12.0. The lowest BCUT2D eigenvalue weighted by molar-refractivity contribution is 0.0966. The number of carbonyl (C=O) groups is 1. The lowest BCUT2D eigenvalue weighted by atomic mass is 10.1. The number of aromatic nitrogens is 3. The van der Waals surface area contributed by atoms with Crippen LogP contribution in [0, 0.1) is 0 Å². The molecular weight excluding hydrogens is 326 g/mol. The van der Waals surface area contributed by atoms with Gasteiger partial charge in [-0.1, -0.05) is 29.8 Å². The smallest absolute Gasteiger partial charge is 0.254 e. The Morgan fingerprint density at radius 3 is 2.88 bits per heavy atom. The van der Waals surface area contributed by atoms with Crippen molar-refractivity contribution >= 4 is 23.2 Å². The summed E-state index contributed by atoms with van der Waals surface area (Å²) in [6, 6.07) is 13.5. The topological polar surface area (TPSA) is 71.8 Å². The number of para-hydroxylation sites is 1. The van der Waals surface area contributed by atoms with Crippen molar-refractivity contribution in [1.82, 2.24) is 20.1 Å². The van der Waals surface area contributed by atoms with Gasteiger partial charge in [-0.25, -0.2) is 0 Å². The second kappa shape index (κ2) is 5.98. The van der Waals surface area contributed by atoms with E-state index in [1.165, 1.54) is 0 Å². The van der Waals surface area contributed by atoms with E-state index in [2.05, 4.69) is 20.8 Å². The average molecular weight is 340 g/mol. The average Bonchev–Trinajstić information content (AvgIpc) is 3.23. The molecule has 4 rings (SSSR count). The van der Waals surface area contributed by atoms with Gasteiger partial charge in [-0.05, 0) is 24.3 Å². The van der Waals surface area contributed by atoms with Gasteiger partial charge in [0.15, 0.2) is 5.82 Å². The molecule has 0 saturated heterocycles. The first-order valence-electron chi connectivity index (χ1n) is 7.52. The van der Waals surface area contributed by atoms with Crippen LogP contribution in [0.25, 0.3) is 5.69 Å². The third-order valence-electron chi connectivity index (χ3n) is 4.00. The minimum atomic E-state index is -0.112. The Morgan fingerprint density at radius 1 is 1.21 bits per heavy atom. The number of fused-ring (bicyclic) bond motifs is 1. The Kier molecular flexibility index (Phi) is 3.66. The molecule has 1 aliphatic heterocycles. The van der Waals surface area contributed by atoms with Crippen LogP contribution in [0.15, 0.2) is 48.8 Å². The van der Waals surface area contributed by atoms with E-state index >= 15 is 0 Å². The number of hydrogen-bond donors (Lipinski definition) is 2. The van der Waals surface area contributed by atoms with Crippen LogP contribution in [0.2, 0.25) is 5.02 Å². The van der Waals surface area contributed by atoms with Gasteiger partial charge in [0.25, 0.3) is 5.91 Å². The van der Waals surface area contributed by atoms with Crippen LogP contribution in [0.1, 0.15) is 21.7 Å². The predicted molar refractivity (Wildman–Crippen MR) is 91.3 cm³/mol. The van der Waals surface area contributed by atoms with Crippen molar-refractivity contribution in [2.75, 3.05) is 5.32 Å². The molecule has 2 N–H and O–H groups in total. The minimum absolute atomic E-state index is 0.112. The maximum absolute atomic E-state index is 12.0. The standard InChI is InChI=1S/C17H14ClN5O/c18-13-6-7-14(16-12(13)8-20-17(16)24)19-9-15-22-21-10-23(15)11-4-2-1-3-5-11/h1-7,10,19H,8-9H2,(H,20,24). The van der Waals surface area contributed by atoms with E-state index < -0.39 is 0 Å². The van der Waals surface area contributed by atoms with Crippen LogP contribution < -0.4 is 10.6 Å². The zero-order chi connectivity index (χ0) is 16.5. The summed E-state index contributed by atoms with van der Waals surface area (Å²) in [6.45, 7) is 0.902. The first kappa shape index (κ1) is 14.7. The Balaban J connectivity index is 1.61. The van der Waals surface area contributed by atoms with E-state index in [4.69, 9.17) is 11.6 Å². The van der Waals surface area contributed by atoms with Gasteiger partial charge in [0.1, 0.15) is 6.33 Å². The fraction of sp³-hybridized carbons (Fsp3) is 0.118. The van der Waals surface area contributed by atoms with Gasteiger partial charge in [-0.2, -0.15) is 0 Å². The van der Waals surface area contributed by atoms with E-state index in [0.29, 0.717) is 23.7 Å². The Bertz CT molecular complexity index is 907.